The fourth-order valence-electron chi connectivity index (χ4n) is 1.19. The highest BCUT2D eigenvalue weighted by molar-refractivity contribution is 7.07. The average molecular weight is 242 g/mol. The number of aliphatic carboxylic acids is 1. The van der Waals surface area contributed by atoms with Gasteiger partial charge in [-0.25, -0.2) is 4.79 Å². The van der Waals surface area contributed by atoms with Crippen LogP contribution in [-0.2, 0) is 11.3 Å². The van der Waals surface area contributed by atoms with Crippen LogP contribution in [0.4, 0.5) is 0 Å². The lowest BCUT2D eigenvalue weighted by atomic mass is 10.2. The Labute approximate surface area is 96.8 Å². The van der Waals surface area contributed by atoms with E-state index in [9.17, 15) is 9.59 Å². The van der Waals surface area contributed by atoms with E-state index in [1.165, 1.54) is 0 Å². The predicted octanol–water partition coefficient (Wildman–Crippen LogP) is 0.947. The zero-order valence-electron chi connectivity index (χ0n) is 8.95. The van der Waals surface area contributed by atoms with Crippen molar-refractivity contribution in [1.82, 2.24) is 10.3 Å². The van der Waals surface area contributed by atoms with E-state index >= 15 is 0 Å². The Bertz CT molecular complexity index is 433. The molecular weight excluding hydrogens is 228 g/mol. The molecule has 0 aliphatic rings. The van der Waals surface area contributed by atoms with E-state index in [0.29, 0.717) is 25.1 Å². The molecule has 0 bridgehead atoms. The monoisotopic (exact) mass is 242 g/mol. The highest BCUT2D eigenvalue weighted by Gasteiger charge is 2.02. The smallest absolute Gasteiger partial charge is 0.331 e. The zero-order chi connectivity index (χ0) is 12.0. The number of carboxylic acid groups (broad SMARTS) is 1. The molecule has 0 fully saturated rings. The van der Waals surface area contributed by atoms with E-state index in [1.54, 1.807) is 18.4 Å². The molecule has 0 spiro atoms. The van der Waals surface area contributed by atoms with Crippen LogP contribution in [0.3, 0.4) is 0 Å². The summed E-state index contributed by atoms with van der Waals surface area (Å²) in [6.45, 7) is 2.81. The summed E-state index contributed by atoms with van der Waals surface area (Å²) in [4.78, 5) is 24.1. The molecule has 0 atom stereocenters. The third kappa shape index (κ3) is 4.00. The van der Waals surface area contributed by atoms with Crippen molar-refractivity contribution in [1.29, 1.82) is 0 Å². The van der Waals surface area contributed by atoms with Crippen molar-refractivity contribution in [3.05, 3.63) is 32.4 Å². The van der Waals surface area contributed by atoms with Crippen LogP contribution in [0.15, 0.2) is 21.8 Å². The molecule has 0 aromatic carbocycles. The van der Waals surface area contributed by atoms with Crippen molar-refractivity contribution in [2.75, 3.05) is 6.54 Å². The van der Waals surface area contributed by atoms with Crippen LogP contribution >= 0.6 is 11.3 Å². The largest absolute Gasteiger partial charge is 0.478 e. The average Bonchev–Trinajstić information content (AvgIpc) is 2.64. The molecule has 0 aliphatic heterocycles. The van der Waals surface area contributed by atoms with E-state index in [4.69, 9.17) is 5.11 Å². The normalized spacial score (nSPS) is 11.7. The van der Waals surface area contributed by atoms with Crippen molar-refractivity contribution in [3.63, 3.8) is 0 Å². The summed E-state index contributed by atoms with van der Waals surface area (Å²) in [6, 6.07) is 0. The molecule has 0 amide bonds. The lowest BCUT2D eigenvalue weighted by Gasteiger charge is -2.00. The Morgan fingerprint density at radius 1 is 1.69 bits per heavy atom. The standard InChI is InChI=1S/C10H14N2O3S/c1-2-7(9(13)14)3-4-11-5-8-6-16-10(15)12-8/h3,6,11H,2,4-5H2,1H3,(H,12,15)(H,13,14). The molecule has 1 aromatic heterocycles. The van der Waals surface area contributed by atoms with Gasteiger partial charge in [-0.3, -0.25) is 4.79 Å². The third-order valence-electron chi connectivity index (χ3n) is 2.03. The van der Waals surface area contributed by atoms with Crippen molar-refractivity contribution in [2.24, 2.45) is 0 Å². The highest BCUT2D eigenvalue weighted by Crippen LogP contribution is 1.99. The van der Waals surface area contributed by atoms with Crippen LogP contribution in [0.5, 0.6) is 0 Å². The second kappa shape index (κ2) is 6.24. The molecule has 88 valence electrons. The molecule has 0 saturated heterocycles. The first-order chi connectivity index (χ1) is 7.63. The van der Waals surface area contributed by atoms with Gasteiger partial charge >= 0.3 is 10.8 Å². The van der Waals surface area contributed by atoms with E-state index in [2.05, 4.69) is 10.3 Å². The van der Waals surface area contributed by atoms with Crippen LogP contribution < -0.4 is 10.2 Å². The molecule has 0 unspecified atom stereocenters. The van der Waals surface area contributed by atoms with Crippen molar-refractivity contribution >= 4 is 17.3 Å². The Morgan fingerprint density at radius 3 is 2.94 bits per heavy atom. The summed E-state index contributed by atoms with van der Waals surface area (Å²) in [5.74, 6) is -0.881. The number of carboxylic acids is 1. The maximum atomic E-state index is 10.8. The number of nitrogens with one attached hydrogen (secondary N) is 2. The van der Waals surface area contributed by atoms with E-state index in [-0.39, 0.29) is 4.87 Å². The molecule has 6 heteroatoms. The molecule has 0 aliphatic carbocycles. The number of H-pyrrole nitrogens is 1. The summed E-state index contributed by atoms with van der Waals surface area (Å²) < 4.78 is 0. The number of carbonyl (C=O) groups is 1. The lowest BCUT2D eigenvalue weighted by molar-refractivity contribution is -0.132. The minimum atomic E-state index is -0.881. The topological polar surface area (TPSA) is 82.2 Å². The molecule has 1 heterocycles. The minimum Gasteiger partial charge on any atom is -0.478 e. The molecular formula is C10H14N2O3S. The quantitative estimate of drug-likeness (QED) is 0.512. The molecule has 3 N–H and O–H groups in total. The van der Waals surface area contributed by atoms with E-state index < -0.39 is 5.97 Å². The molecule has 1 rings (SSSR count). The molecule has 0 saturated carbocycles. The molecule has 0 radical (unpaired) electrons. The third-order valence-corrected chi connectivity index (χ3v) is 2.75. The van der Waals surface area contributed by atoms with Gasteiger partial charge in [-0.15, -0.1) is 0 Å². The second-order valence-corrected chi connectivity index (χ2v) is 4.03. The van der Waals surface area contributed by atoms with Crippen LogP contribution in [0, 0.1) is 0 Å². The van der Waals surface area contributed by atoms with Crippen LogP contribution in [-0.4, -0.2) is 22.6 Å². The van der Waals surface area contributed by atoms with Crippen molar-refractivity contribution in [2.45, 2.75) is 19.9 Å². The first kappa shape index (κ1) is 12.7. The maximum absolute atomic E-state index is 10.8. The first-order valence-corrected chi connectivity index (χ1v) is 5.81. The number of aromatic amines is 1. The van der Waals surface area contributed by atoms with Gasteiger partial charge < -0.3 is 15.4 Å². The number of thiazole rings is 1. The van der Waals surface area contributed by atoms with Crippen LogP contribution in [0.2, 0.25) is 0 Å². The first-order valence-electron chi connectivity index (χ1n) is 4.93. The van der Waals surface area contributed by atoms with Gasteiger partial charge in [-0.05, 0) is 6.42 Å². The second-order valence-electron chi connectivity index (χ2n) is 3.19. The van der Waals surface area contributed by atoms with Gasteiger partial charge in [0.2, 0.25) is 0 Å². The predicted molar refractivity (Wildman–Crippen MR) is 62.7 cm³/mol. The van der Waals surface area contributed by atoms with E-state index in [1.807, 2.05) is 0 Å². The summed E-state index contributed by atoms with van der Waals surface area (Å²) in [5, 5.41) is 13.5. The van der Waals surface area contributed by atoms with Gasteiger partial charge in [-0.1, -0.05) is 24.3 Å². The van der Waals surface area contributed by atoms with Crippen LogP contribution in [0.25, 0.3) is 0 Å². The SMILES string of the molecule is CCC(=CCNCc1csc(=O)[nH]1)C(=O)O. The zero-order valence-corrected chi connectivity index (χ0v) is 9.76. The summed E-state index contributed by atoms with van der Waals surface area (Å²) in [6.07, 6.45) is 2.15. The maximum Gasteiger partial charge on any atom is 0.331 e. The van der Waals surface area contributed by atoms with Crippen molar-refractivity contribution in [3.8, 4) is 0 Å². The fourth-order valence-corrected chi connectivity index (χ4v) is 1.77. The Morgan fingerprint density at radius 2 is 2.44 bits per heavy atom. The molecule has 5 nitrogen and oxygen atoms in total. The van der Waals surface area contributed by atoms with Gasteiger partial charge in [0.05, 0.1) is 0 Å². The summed E-state index contributed by atoms with van der Waals surface area (Å²) >= 11 is 1.12. The fraction of sp³-hybridized carbons (Fsp3) is 0.400. The van der Waals surface area contributed by atoms with Gasteiger partial charge in [-0.2, -0.15) is 0 Å². The lowest BCUT2D eigenvalue weighted by Crippen LogP contribution is -2.15. The molecule has 1 aromatic rings. The van der Waals surface area contributed by atoms with Gasteiger partial charge in [0, 0.05) is 29.7 Å². The summed E-state index contributed by atoms with van der Waals surface area (Å²) in [5.41, 5.74) is 1.21. The Hall–Kier alpha value is -1.40. The Kier molecular flexibility index (Phi) is 4.94. The van der Waals surface area contributed by atoms with Gasteiger partial charge in [0.1, 0.15) is 0 Å². The summed E-state index contributed by atoms with van der Waals surface area (Å²) in [7, 11) is 0. The Balaban J connectivity index is 2.36. The molecule has 16 heavy (non-hydrogen) atoms. The van der Waals surface area contributed by atoms with Crippen LogP contribution in [0.1, 0.15) is 19.0 Å². The van der Waals surface area contributed by atoms with Crippen molar-refractivity contribution < 1.29 is 9.90 Å². The number of rotatable bonds is 6. The van der Waals surface area contributed by atoms with Gasteiger partial charge in [0.25, 0.3) is 0 Å². The van der Waals surface area contributed by atoms with Gasteiger partial charge in [0.15, 0.2) is 0 Å². The van der Waals surface area contributed by atoms with E-state index in [0.717, 1.165) is 17.0 Å². The number of hydrogen-bond donors (Lipinski definition) is 3. The number of hydrogen-bond acceptors (Lipinski definition) is 4. The minimum absolute atomic E-state index is 0.0767. The highest BCUT2D eigenvalue weighted by atomic mass is 32.1. The number of aromatic nitrogens is 1.